The predicted octanol–water partition coefficient (Wildman–Crippen LogP) is 6.14. The lowest BCUT2D eigenvalue weighted by Gasteiger charge is -2.23. The number of nitrogens with zero attached hydrogens (tertiary/aromatic N) is 6. The Morgan fingerprint density at radius 1 is 1.04 bits per heavy atom. The summed E-state index contributed by atoms with van der Waals surface area (Å²) in [6, 6.07) is 10.2. The van der Waals surface area contributed by atoms with Gasteiger partial charge in [-0.2, -0.15) is 0 Å². The average molecular weight is 654 g/mol. The van der Waals surface area contributed by atoms with Crippen molar-refractivity contribution in [1.82, 2.24) is 29.5 Å². The Labute approximate surface area is 274 Å². The fourth-order valence-electron chi connectivity index (χ4n) is 7.53. The van der Waals surface area contributed by atoms with Crippen molar-refractivity contribution in [3.05, 3.63) is 71.3 Å². The molecule has 0 bridgehead atoms. The SMILES string of the molecule is Cc1nnc(-c2c(CCC3CCOCC3)nc3c(c2-c2cn4c(NC5CCc6ncccc65)cccc4n2)S(=O)(=O)C[C@H]3C(C)C)o1. The van der Waals surface area contributed by atoms with Gasteiger partial charge >= 0.3 is 0 Å². The molecule has 2 aliphatic heterocycles. The number of pyridine rings is 3. The van der Waals surface area contributed by atoms with Crippen LogP contribution in [0.15, 0.2) is 52.0 Å². The Kier molecular flexibility index (Phi) is 7.59. The van der Waals surface area contributed by atoms with Crippen molar-refractivity contribution in [2.75, 3.05) is 24.3 Å². The monoisotopic (exact) mass is 653 g/mol. The van der Waals surface area contributed by atoms with Gasteiger partial charge in [-0.25, -0.2) is 13.4 Å². The zero-order valence-corrected chi connectivity index (χ0v) is 27.8. The predicted molar refractivity (Wildman–Crippen MR) is 177 cm³/mol. The summed E-state index contributed by atoms with van der Waals surface area (Å²) in [5, 5.41) is 12.3. The van der Waals surface area contributed by atoms with E-state index in [1.807, 2.05) is 41.1 Å². The molecule has 1 unspecified atom stereocenters. The number of rotatable bonds is 8. The Morgan fingerprint density at radius 3 is 2.68 bits per heavy atom. The van der Waals surface area contributed by atoms with E-state index >= 15 is 0 Å². The fourth-order valence-corrected chi connectivity index (χ4v) is 9.75. The lowest BCUT2D eigenvalue weighted by Crippen LogP contribution is -2.17. The highest BCUT2D eigenvalue weighted by atomic mass is 32.2. The third kappa shape index (κ3) is 5.41. The first-order chi connectivity index (χ1) is 22.8. The number of imidazole rings is 1. The van der Waals surface area contributed by atoms with Crippen molar-refractivity contribution in [2.24, 2.45) is 11.8 Å². The number of ether oxygens (including phenoxy) is 1. The van der Waals surface area contributed by atoms with Gasteiger partial charge in [0, 0.05) is 49.7 Å². The highest BCUT2D eigenvalue weighted by Crippen LogP contribution is 2.48. The standard InChI is InChI=1S/C35H39N7O4S/c1-20(2)24-19-47(43,44)34-31(32(35-41-40-21(3)46-35)27(39-33(24)34)10-9-22-13-16-45-17-14-22)28-18-42-29(7-4-8-30(42)38-28)37-26-12-11-25-23(26)6-5-15-36-25/h4-8,15,18,20,22,24,26,37H,9-14,16-17,19H2,1-3H3/t24-,26?/m0/s1. The summed E-state index contributed by atoms with van der Waals surface area (Å²) in [5.41, 5.74) is 6.04. The van der Waals surface area contributed by atoms with Crippen LogP contribution in [-0.2, 0) is 27.4 Å². The lowest BCUT2D eigenvalue weighted by molar-refractivity contribution is 0.0639. The molecule has 1 N–H and O–H groups in total. The summed E-state index contributed by atoms with van der Waals surface area (Å²) in [7, 11) is -3.69. The summed E-state index contributed by atoms with van der Waals surface area (Å²) < 4.78 is 41.9. The smallest absolute Gasteiger partial charge is 0.250 e. The maximum Gasteiger partial charge on any atom is 0.250 e. The van der Waals surface area contributed by atoms with E-state index in [-0.39, 0.29) is 34.4 Å². The number of anilines is 1. The summed E-state index contributed by atoms with van der Waals surface area (Å²) in [5.74, 6) is 1.92. The number of sulfone groups is 1. The molecule has 2 atom stereocenters. The minimum absolute atomic E-state index is 0.0149. The van der Waals surface area contributed by atoms with Gasteiger partial charge in [0.15, 0.2) is 9.84 Å². The molecule has 8 rings (SSSR count). The zero-order valence-electron chi connectivity index (χ0n) is 26.9. The third-order valence-corrected chi connectivity index (χ3v) is 11.9. The second-order valence-electron chi connectivity index (χ2n) is 13.4. The van der Waals surface area contributed by atoms with Gasteiger partial charge in [-0.3, -0.25) is 14.4 Å². The molecule has 5 aromatic heterocycles. The second kappa shape index (κ2) is 11.8. The molecule has 12 heteroatoms. The number of hydrogen-bond donors (Lipinski definition) is 1. The van der Waals surface area contributed by atoms with Crippen LogP contribution >= 0.6 is 0 Å². The Bertz CT molecular complexity index is 2080. The number of fused-ring (bicyclic) bond motifs is 3. The van der Waals surface area contributed by atoms with Crippen molar-refractivity contribution < 1.29 is 17.6 Å². The quantitative estimate of drug-likeness (QED) is 0.208. The summed E-state index contributed by atoms with van der Waals surface area (Å²) in [4.78, 5) is 15.1. The zero-order chi connectivity index (χ0) is 32.3. The van der Waals surface area contributed by atoms with Gasteiger partial charge in [-0.1, -0.05) is 26.0 Å². The van der Waals surface area contributed by atoms with E-state index in [4.69, 9.17) is 19.1 Å². The van der Waals surface area contributed by atoms with E-state index < -0.39 is 9.84 Å². The molecule has 1 aliphatic carbocycles. The number of aryl methyl sites for hydroxylation is 3. The van der Waals surface area contributed by atoms with E-state index in [0.717, 1.165) is 62.5 Å². The molecule has 0 radical (unpaired) electrons. The third-order valence-electron chi connectivity index (χ3n) is 10.0. The van der Waals surface area contributed by atoms with E-state index in [1.165, 1.54) is 5.56 Å². The van der Waals surface area contributed by atoms with Crippen molar-refractivity contribution in [1.29, 1.82) is 0 Å². The summed E-state index contributed by atoms with van der Waals surface area (Å²) in [6.07, 6.45) is 9.19. The Balaban J connectivity index is 1.31. The van der Waals surface area contributed by atoms with E-state index in [0.29, 0.717) is 46.4 Å². The van der Waals surface area contributed by atoms with Crippen LogP contribution in [0.1, 0.15) is 80.0 Å². The van der Waals surface area contributed by atoms with E-state index in [1.54, 1.807) is 6.92 Å². The fraction of sp³-hybridized carbons (Fsp3) is 0.457. The number of nitrogens with one attached hydrogen (secondary N) is 1. The lowest BCUT2D eigenvalue weighted by atomic mass is 9.89. The van der Waals surface area contributed by atoms with Crippen LogP contribution in [-0.4, -0.2) is 56.9 Å². The molecule has 1 fully saturated rings. The van der Waals surface area contributed by atoms with Crippen molar-refractivity contribution >= 4 is 21.3 Å². The molecule has 0 aromatic carbocycles. The van der Waals surface area contributed by atoms with Crippen molar-refractivity contribution in [3.63, 3.8) is 0 Å². The molecule has 0 saturated carbocycles. The van der Waals surface area contributed by atoms with Crippen LogP contribution in [0.2, 0.25) is 0 Å². The molecule has 7 heterocycles. The van der Waals surface area contributed by atoms with Gasteiger partial charge in [0.2, 0.25) is 11.8 Å². The highest BCUT2D eigenvalue weighted by Gasteiger charge is 2.43. The molecule has 0 amide bonds. The highest BCUT2D eigenvalue weighted by molar-refractivity contribution is 7.92. The minimum atomic E-state index is -3.69. The van der Waals surface area contributed by atoms with Crippen LogP contribution < -0.4 is 5.32 Å². The molecule has 244 valence electrons. The van der Waals surface area contributed by atoms with Crippen LogP contribution in [0.3, 0.4) is 0 Å². The molecule has 47 heavy (non-hydrogen) atoms. The number of aromatic nitrogens is 6. The molecular weight excluding hydrogens is 614 g/mol. The van der Waals surface area contributed by atoms with Crippen molar-refractivity contribution in [2.45, 2.75) is 76.2 Å². The maximum atomic E-state index is 14.1. The van der Waals surface area contributed by atoms with Crippen LogP contribution in [0.5, 0.6) is 0 Å². The van der Waals surface area contributed by atoms with Crippen molar-refractivity contribution in [3.8, 4) is 22.7 Å². The van der Waals surface area contributed by atoms with Gasteiger partial charge < -0.3 is 14.5 Å². The normalized spacial score (nSPS) is 20.6. The van der Waals surface area contributed by atoms with Gasteiger partial charge in [0.25, 0.3) is 0 Å². The van der Waals surface area contributed by atoms with Crippen LogP contribution in [0.4, 0.5) is 5.82 Å². The van der Waals surface area contributed by atoms with Gasteiger partial charge in [-0.15, -0.1) is 10.2 Å². The molecule has 1 saturated heterocycles. The van der Waals surface area contributed by atoms with E-state index in [2.05, 4.69) is 40.4 Å². The molecule has 5 aromatic rings. The second-order valence-corrected chi connectivity index (χ2v) is 15.4. The first-order valence-electron chi connectivity index (χ1n) is 16.6. The molecule has 3 aliphatic rings. The summed E-state index contributed by atoms with van der Waals surface area (Å²) in [6.45, 7) is 7.39. The van der Waals surface area contributed by atoms with Gasteiger partial charge in [-0.05, 0) is 74.1 Å². The topological polar surface area (TPSA) is 137 Å². The minimum Gasteiger partial charge on any atom is -0.421 e. The van der Waals surface area contributed by atoms with Gasteiger partial charge in [0.1, 0.15) is 11.5 Å². The first kappa shape index (κ1) is 30.2. The average Bonchev–Trinajstić information content (AvgIpc) is 3.85. The summed E-state index contributed by atoms with van der Waals surface area (Å²) >= 11 is 0. The number of hydrogen-bond acceptors (Lipinski definition) is 10. The first-order valence-corrected chi connectivity index (χ1v) is 18.3. The van der Waals surface area contributed by atoms with Crippen LogP contribution in [0, 0.1) is 18.8 Å². The molecule has 0 spiro atoms. The van der Waals surface area contributed by atoms with Gasteiger partial charge in [0.05, 0.1) is 39.3 Å². The Morgan fingerprint density at radius 2 is 1.89 bits per heavy atom. The maximum absolute atomic E-state index is 14.1. The largest absolute Gasteiger partial charge is 0.421 e. The molecular formula is C35H39N7O4S. The van der Waals surface area contributed by atoms with Crippen LogP contribution in [0.25, 0.3) is 28.4 Å². The Hall–Kier alpha value is -4.16. The molecule has 11 nitrogen and oxygen atoms in total. The van der Waals surface area contributed by atoms with E-state index in [9.17, 15) is 8.42 Å².